The summed E-state index contributed by atoms with van der Waals surface area (Å²) < 4.78 is 0. The lowest BCUT2D eigenvalue weighted by molar-refractivity contribution is 0.0702. The molecule has 1 N–H and O–H groups in total. The van der Waals surface area contributed by atoms with E-state index in [1.807, 2.05) is 31.2 Å². The minimum absolute atomic E-state index is 0.333. The Morgan fingerprint density at radius 3 is 2.64 bits per heavy atom. The highest BCUT2D eigenvalue weighted by atomic mass is 32.1. The van der Waals surface area contributed by atoms with Crippen molar-refractivity contribution in [1.82, 2.24) is 9.88 Å². The summed E-state index contributed by atoms with van der Waals surface area (Å²) in [5.74, 6) is -0.900. The first-order valence-corrected chi connectivity index (χ1v) is 8.39. The molecule has 0 amide bonds. The zero-order valence-electron chi connectivity index (χ0n) is 13.3. The van der Waals surface area contributed by atoms with E-state index < -0.39 is 5.97 Å². The van der Waals surface area contributed by atoms with Gasteiger partial charge in [-0.15, -0.1) is 11.3 Å². The van der Waals surface area contributed by atoms with Crippen LogP contribution in [0.4, 0.5) is 0 Å². The third-order valence-corrected chi connectivity index (χ3v) is 4.80. The highest BCUT2D eigenvalue weighted by Crippen LogP contribution is 2.29. The number of aromatic nitrogens is 1. The standard InChI is InChI=1S/C17H22N2O2S/c1-4-19(5-2)10-9-14-18-15(16(22-14)17(20)21)13-8-6-7-12(3)11-13/h6-8,11H,4-5,9-10H2,1-3H3,(H,20,21). The van der Waals surface area contributed by atoms with Crippen LogP contribution < -0.4 is 0 Å². The molecule has 0 saturated heterocycles. The summed E-state index contributed by atoms with van der Waals surface area (Å²) in [5, 5.41) is 10.3. The highest BCUT2D eigenvalue weighted by molar-refractivity contribution is 7.14. The fourth-order valence-electron chi connectivity index (χ4n) is 2.40. The van der Waals surface area contributed by atoms with E-state index in [1.54, 1.807) is 0 Å². The van der Waals surface area contributed by atoms with Crippen LogP contribution in [0.5, 0.6) is 0 Å². The maximum absolute atomic E-state index is 11.5. The van der Waals surface area contributed by atoms with Crippen molar-refractivity contribution in [3.05, 3.63) is 39.7 Å². The van der Waals surface area contributed by atoms with E-state index in [0.717, 1.165) is 42.2 Å². The van der Waals surface area contributed by atoms with Gasteiger partial charge in [0.15, 0.2) is 0 Å². The Labute approximate surface area is 135 Å². The predicted molar refractivity (Wildman–Crippen MR) is 90.7 cm³/mol. The summed E-state index contributed by atoms with van der Waals surface area (Å²) in [6.45, 7) is 9.17. The van der Waals surface area contributed by atoms with Gasteiger partial charge >= 0.3 is 5.97 Å². The van der Waals surface area contributed by atoms with E-state index >= 15 is 0 Å². The first-order valence-electron chi connectivity index (χ1n) is 7.57. The van der Waals surface area contributed by atoms with Gasteiger partial charge in [-0.3, -0.25) is 0 Å². The molecule has 118 valence electrons. The van der Waals surface area contributed by atoms with Crippen molar-refractivity contribution < 1.29 is 9.90 Å². The lowest BCUT2D eigenvalue weighted by atomic mass is 10.1. The Balaban J connectivity index is 2.28. The molecule has 4 nitrogen and oxygen atoms in total. The first-order chi connectivity index (χ1) is 10.5. The molecule has 1 heterocycles. The van der Waals surface area contributed by atoms with E-state index in [4.69, 9.17) is 0 Å². The molecule has 5 heteroatoms. The normalized spacial score (nSPS) is 11.1. The average Bonchev–Trinajstić information content (AvgIpc) is 2.93. The van der Waals surface area contributed by atoms with E-state index in [-0.39, 0.29) is 0 Å². The Hall–Kier alpha value is -1.72. The lowest BCUT2D eigenvalue weighted by Gasteiger charge is -2.16. The summed E-state index contributed by atoms with van der Waals surface area (Å²) in [4.78, 5) is 18.7. The molecule has 1 aromatic heterocycles. The average molecular weight is 318 g/mol. The van der Waals surface area contributed by atoms with Gasteiger partial charge in [0.25, 0.3) is 0 Å². The molecule has 0 aliphatic heterocycles. The van der Waals surface area contributed by atoms with Crippen LogP contribution in [0.15, 0.2) is 24.3 Å². The van der Waals surface area contributed by atoms with Crippen molar-refractivity contribution in [2.45, 2.75) is 27.2 Å². The summed E-state index contributed by atoms with van der Waals surface area (Å²) >= 11 is 1.29. The molecule has 0 radical (unpaired) electrons. The van der Waals surface area contributed by atoms with E-state index in [9.17, 15) is 9.90 Å². The number of carbonyl (C=O) groups is 1. The number of benzene rings is 1. The number of aromatic carboxylic acids is 1. The summed E-state index contributed by atoms with van der Waals surface area (Å²) in [6.07, 6.45) is 0.790. The zero-order valence-corrected chi connectivity index (χ0v) is 14.1. The van der Waals surface area contributed by atoms with Gasteiger partial charge in [0.05, 0.1) is 10.7 Å². The fraction of sp³-hybridized carbons (Fsp3) is 0.412. The molecule has 0 fully saturated rings. The number of rotatable bonds is 7. The van der Waals surface area contributed by atoms with Crippen LogP contribution in [-0.4, -0.2) is 40.6 Å². The number of hydrogen-bond acceptors (Lipinski definition) is 4. The highest BCUT2D eigenvalue weighted by Gasteiger charge is 2.19. The van der Waals surface area contributed by atoms with Crippen molar-refractivity contribution in [2.75, 3.05) is 19.6 Å². The predicted octanol–water partition coefficient (Wildman–Crippen LogP) is 3.70. The van der Waals surface area contributed by atoms with Crippen LogP contribution in [0.3, 0.4) is 0 Å². The smallest absolute Gasteiger partial charge is 0.348 e. The molecule has 0 unspecified atom stereocenters. The molecule has 0 spiro atoms. The van der Waals surface area contributed by atoms with Gasteiger partial charge in [-0.1, -0.05) is 37.6 Å². The van der Waals surface area contributed by atoms with E-state index in [0.29, 0.717) is 10.6 Å². The van der Waals surface area contributed by atoms with Crippen molar-refractivity contribution in [3.63, 3.8) is 0 Å². The molecule has 0 bridgehead atoms. The monoisotopic (exact) mass is 318 g/mol. The van der Waals surface area contributed by atoms with Gasteiger partial charge in [0, 0.05) is 18.5 Å². The van der Waals surface area contributed by atoms with Crippen molar-refractivity contribution in [3.8, 4) is 11.3 Å². The number of likely N-dealkylation sites (N-methyl/N-ethyl adjacent to an activating group) is 1. The van der Waals surface area contributed by atoms with Crippen LogP contribution in [-0.2, 0) is 6.42 Å². The minimum Gasteiger partial charge on any atom is -0.477 e. The van der Waals surface area contributed by atoms with Gasteiger partial charge in [0.1, 0.15) is 4.88 Å². The molecular formula is C17H22N2O2S. The minimum atomic E-state index is -0.900. The van der Waals surface area contributed by atoms with Gasteiger partial charge in [0.2, 0.25) is 0 Å². The molecule has 1 aromatic carbocycles. The summed E-state index contributed by atoms with van der Waals surface area (Å²) in [7, 11) is 0. The maximum Gasteiger partial charge on any atom is 0.348 e. The summed E-state index contributed by atoms with van der Waals surface area (Å²) in [6, 6.07) is 7.83. The third-order valence-electron chi connectivity index (χ3n) is 3.69. The molecule has 0 aliphatic carbocycles. The maximum atomic E-state index is 11.5. The Bertz CT molecular complexity index is 648. The molecule has 0 aliphatic rings. The Kier molecular flexibility index (Phi) is 5.69. The molecule has 0 saturated carbocycles. The van der Waals surface area contributed by atoms with E-state index in [2.05, 4.69) is 23.7 Å². The number of carboxylic acid groups (broad SMARTS) is 1. The van der Waals surface area contributed by atoms with Gasteiger partial charge in [-0.2, -0.15) is 0 Å². The second-order valence-corrected chi connectivity index (χ2v) is 6.32. The van der Waals surface area contributed by atoms with Crippen molar-refractivity contribution in [2.24, 2.45) is 0 Å². The van der Waals surface area contributed by atoms with Crippen LogP contribution in [0.2, 0.25) is 0 Å². The second-order valence-electron chi connectivity index (χ2n) is 5.24. The quantitative estimate of drug-likeness (QED) is 0.845. The lowest BCUT2D eigenvalue weighted by Crippen LogP contribution is -2.25. The topological polar surface area (TPSA) is 53.4 Å². The van der Waals surface area contributed by atoms with Crippen LogP contribution in [0.1, 0.15) is 34.1 Å². The van der Waals surface area contributed by atoms with Gasteiger partial charge < -0.3 is 10.0 Å². The van der Waals surface area contributed by atoms with Crippen LogP contribution in [0, 0.1) is 6.92 Å². The molecule has 22 heavy (non-hydrogen) atoms. The van der Waals surface area contributed by atoms with Crippen molar-refractivity contribution in [1.29, 1.82) is 0 Å². The number of aryl methyl sites for hydroxylation is 1. The SMILES string of the molecule is CCN(CC)CCc1nc(-c2cccc(C)c2)c(C(=O)O)s1. The first kappa shape index (κ1) is 16.6. The molecule has 0 atom stereocenters. The van der Waals surface area contributed by atoms with Gasteiger partial charge in [-0.25, -0.2) is 9.78 Å². The molecule has 2 aromatic rings. The van der Waals surface area contributed by atoms with Crippen LogP contribution >= 0.6 is 11.3 Å². The number of hydrogen-bond donors (Lipinski definition) is 1. The number of thiazole rings is 1. The van der Waals surface area contributed by atoms with Crippen molar-refractivity contribution >= 4 is 17.3 Å². The summed E-state index contributed by atoms with van der Waals surface area (Å²) in [5.41, 5.74) is 2.57. The Morgan fingerprint density at radius 1 is 1.32 bits per heavy atom. The fourth-order valence-corrected chi connectivity index (χ4v) is 3.31. The number of nitrogens with zero attached hydrogens (tertiary/aromatic N) is 2. The molecule has 2 rings (SSSR count). The van der Waals surface area contributed by atoms with Crippen LogP contribution in [0.25, 0.3) is 11.3 Å². The Morgan fingerprint density at radius 2 is 2.05 bits per heavy atom. The number of carboxylic acids is 1. The zero-order chi connectivity index (χ0) is 16.1. The largest absolute Gasteiger partial charge is 0.477 e. The third kappa shape index (κ3) is 3.93. The second kappa shape index (κ2) is 7.51. The van der Waals surface area contributed by atoms with Gasteiger partial charge in [-0.05, 0) is 26.1 Å². The molecular weight excluding hydrogens is 296 g/mol. The van der Waals surface area contributed by atoms with E-state index in [1.165, 1.54) is 11.3 Å².